The van der Waals surface area contributed by atoms with Crippen LogP contribution in [-0.4, -0.2) is 28.6 Å². The molecule has 1 N–H and O–H groups in total. The van der Waals surface area contributed by atoms with Crippen LogP contribution < -0.4 is 10.3 Å². The number of methoxy groups -OCH3 is 1. The van der Waals surface area contributed by atoms with Crippen molar-refractivity contribution in [2.45, 2.75) is 71.3 Å². The van der Waals surface area contributed by atoms with Crippen molar-refractivity contribution in [2.75, 3.05) is 7.11 Å². The molecule has 0 amide bonds. The fraction of sp³-hybridized carbons (Fsp3) is 0.545. The quantitative estimate of drug-likeness (QED) is 0.595. The fourth-order valence-corrected chi connectivity index (χ4v) is 3.92. The normalized spacial score (nSPS) is 16.3. The molecule has 2 aromatic rings. The lowest BCUT2D eigenvalue weighted by Crippen LogP contribution is -2.21. The van der Waals surface area contributed by atoms with Crippen LogP contribution >= 0.6 is 0 Å². The molecule has 1 fully saturated rings. The van der Waals surface area contributed by atoms with E-state index in [2.05, 4.69) is 12.0 Å². The molecule has 0 aliphatic heterocycles. The maximum atomic E-state index is 13.2. The lowest BCUT2D eigenvalue weighted by Gasteiger charge is -2.10. The zero-order valence-electron chi connectivity index (χ0n) is 16.8. The number of hydrogen-bond acceptors (Lipinski definition) is 3. The largest absolute Gasteiger partial charge is 0.497 e. The zero-order valence-corrected chi connectivity index (χ0v) is 16.8. The monoisotopic (exact) mass is 369 g/mol. The summed E-state index contributed by atoms with van der Waals surface area (Å²) in [5.41, 5.74) is 3.40. The number of rotatable bonds is 6. The highest BCUT2D eigenvalue weighted by atomic mass is 16.5. The van der Waals surface area contributed by atoms with Gasteiger partial charge in [0.1, 0.15) is 5.75 Å². The summed E-state index contributed by atoms with van der Waals surface area (Å²) in [5, 5.41) is 3.32. The Kier molecular flexibility index (Phi) is 6.54. The van der Waals surface area contributed by atoms with Crippen LogP contribution in [0, 0.1) is 0 Å². The number of aryl methyl sites for hydroxylation is 1. The van der Waals surface area contributed by atoms with E-state index in [1.54, 1.807) is 11.8 Å². The van der Waals surface area contributed by atoms with Crippen molar-refractivity contribution in [2.24, 2.45) is 4.99 Å². The Bertz CT molecular complexity index is 822. The molecule has 146 valence electrons. The first kappa shape index (κ1) is 19.5. The van der Waals surface area contributed by atoms with E-state index < -0.39 is 0 Å². The minimum absolute atomic E-state index is 0.0153. The van der Waals surface area contributed by atoms with E-state index in [-0.39, 0.29) is 5.56 Å². The predicted molar refractivity (Wildman–Crippen MR) is 111 cm³/mol. The highest BCUT2D eigenvalue weighted by molar-refractivity contribution is 5.99. The van der Waals surface area contributed by atoms with E-state index in [9.17, 15) is 4.79 Å². The van der Waals surface area contributed by atoms with Crippen LogP contribution in [0.4, 0.5) is 0 Å². The molecule has 1 heterocycles. The summed E-state index contributed by atoms with van der Waals surface area (Å²) in [6, 6.07) is 7.88. The molecule has 1 aliphatic rings. The molecule has 1 aromatic carbocycles. The van der Waals surface area contributed by atoms with Gasteiger partial charge in [-0.3, -0.25) is 14.9 Å². The van der Waals surface area contributed by atoms with Gasteiger partial charge in [0.2, 0.25) is 0 Å². The minimum Gasteiger partial charge on any atom is -0.497 e. The van der Waals surface area contributed by atoms with Crippen molar-refractivity contribution in [3.8, 4) is 11.4 Å². The van der Waals surface area contributed by atoms with Gasteiger partial charge in [-0.2, -0.15) is 0 Å². The number of aromatic amines is 1. The van der Waals surface area contributed by atoms with Crippen LogP contribution in [0.15, 0.2) is 34.1 Å². The topological polar surface area (TPSA) is 59.4 Å². The summed E-state index contributed by atoms with van der Waals surface area (Å²) >= 11 is 0. The second-order valence-electron chi connectivity index (χ2n) is 7.41. The molecule has 3 rings (SSSR count). The smallest absolute Gasteiger partial charge is 0.280 e. The second-order valence-corrected chi connectivity index (χ2v) is 7.41. The van der Waals surface area contributed by atoms with Crippen LogP contribution in [-0.2, 0) is 6.42 Å². The van der Waals surface area contributed by atoms with E-state index in [4.69, 9.17) is 9.73 Å². The Morgan fingerprint density at radius 2 is 1.85 bits per heavy atom. The Morgan fingerprint density at radius 1 is 1.19 bits per heavy atom. The third-order valence-corrected chi connectivity index (χ3v) is 5.36. The first-order valence-corrected chi connectivity index (χ1v) is 10.2. The van der Waals surface area contributed by atoms with Gasteiger partial charge in [-0.15, -0.1) is 0 Å². The molecule has 1 aromatic heterocycles. The summed E-state index contributed by atoms with van der Waals surface area (Å²) in [4.78, 5) is 18.2. The van der Waals surface area contributed by atoms with Crippen LogP contribution in [0.3, 0.4) is 0 Å². The third-order valence-electron chi connectivity index (χ3n) is 5.36. The van der Waals surface area contributed by atoms with E-state index in [0.717, 1.165) is 54.1 Å². The van der Waals surface area contributed by atoms with Crippen molar-refractivity contribution in [3.63, 3.8) is 0 Å². The Morgan fingerprint density at radius 3 is 2.44 bits per heavy atom. The van der Waals surface area contributed by atoms with E-state index >= 15 is 0 Å². The second kappa shape index (κ2) is 9.07. The molecule has 0 atom stereocenters. The number of nitrogens with zero attached hydrogens (tertiary/aromatic N) is 2. The molecule has 0 unspecified atom stereocenters. The molecular formula is C22H31N3O2. The summed E-state index contributed by atoms with van der Waals surface area (Å²) in [6.45, 7) is 4.12. The highest BCUT2D eigenvalue weighted by Gasteiger charge is 2.19. The van der Waals surface area contributed by atoms with Crippen molar-refractivity contribution >= 4 is 5.71 Å². The summed E-state index contributed by atoms with van der Waals surface area (Å²) in [5.74, 6) is 0.776. The maximum absolute atomic E-state index is 13.2. The van der Waals surface area contributed by atoms with Crippen molar-refractivity contribution in [1.29, 1.82) is 0 Å². The molecule has 0 bridgehead atoms. The van der Waals surface area contributed by atoms with Gasteiger partial charge in [0.25, 0.3) is 5.56 Å². The van der Waals surface area contributed by atoms with Crippen molar-refractivity contribution in [1.82, 2.24) is 9.78 Å². The number of ether oxygens (including phenoxy) is 1. The molecule has 0 saturated heterocycles. The van der Waals surface area contributed by atoms with Crippen molar-refractivity contribution < 1.29 is 4.74 Å². The van der Waals surface area contributed by atoms with Gasteiger partial charge < -0.3 is 4.74 Å². The van der Waals surface area contributed by atoms with Gasteiger partial charge in [-0.25, -0.2) is 4.68 Å². The molecule has 0 radical (unpaired) electrons. The summed E-state index contributed by atoms with van der Waals surface area (Å²) in [6.07, 6.45) is 9.19. The molecular weight excluding hydrogens is 338 g/mol. The number of aromatic nitrogens is 2. The van der Waals surface area contributed by atoms with Gasteiger partial charge in [-0.1, -0.05) is 39.0 Å². The van der Waals surface area contributed by atoms with Crippen LogP contribution in [0.5, 0.6) is 5.75 Å². The highest BCUT2D eigenvalue weighted by Crippen LogP contribution is 2.21. The van der Waals surface area contributed by atoms with Gasteiger partial charge in [0.15, 0.2) is 0 Å². The molecule has 1 saturated carbocycles. The first-order chi connectivity index (χ1) is 13.1. The number of H-pyrrole nitrogens is 1. The summed E-state index contributed by atoms with van der Waals surface area (Å²) in [7, 11) is 1.64. The fourth-order valence-electron chi connectivity index (χ4n) is 3.92. The van der Waals surface area contributed by atoms with Crippen LogP contribution in [0.25, 0.3) is 5.69 Å². The molecule has 1 aliphatic carbocycles. The minimum atomic E-state index is -0.0153. The average molecular weight is 370 g/mol. The van der Waals surface area contributed by atoms with Gasteiger partial charge in [-0.05, 0) is 50.5 Å². The van der Waals surface area contributed by atoms with Gasteiger partial charge in [0, 0.05) is 11.4 Å². The van der Waals surface area contributed by atoms with E-state index in [1.807, 2.05) is 31.2 Å². The number of nitrogens with one attached hydrogen (secondary N) is 1. The molecule has 5 nitrogen and oxygen atoms in total. The standard InChI is InChI=1S/C22H31N3O2/c1-4-9-20-21(16(2)23-17-10-7-5-6-8-11-17)22(26)25(24-20)18-12-14-19(27-3)15-13-18/h12-15,17,24H,4-11H2,1-3H3. The molecule has 5 heteroatoms. The van der Waals surface area contributed by atoms with Crippen LogP contribution in [0.1, 0.15) is 70.1 Å². The molecule has 0 spiro atoms. The summed E-state index contributed by atoms with van der Waals surface area (Å²) < 4.78 is 6.85. The van der Waals surface area contributed by atoms with Gasteiger partial charge >= 0.3 is 0 Å². The maximum Gasteiger partial charge on any atom is 0.280 e. The van der Waals surface area contributed by atoms with Gasteiger partial charge in [0.05, 0.1) is 24.4 Å². The third kappa shape index (κ3) is 4.52. The lowest BCUT2D eigenvalue weighted by atomic mass is 10.1. The number of hydrogen-bond donors (Lipinski definition) is 1. The number of benzene rings is 1. The predicted octanol–water partition coefficient (Wildman–Crippen LogP) is 4.66. The Labute approximate surface area is 161 Å². The van der Waals surface area contributed by atoms with E-state index in [1.165, 1.54) is 25.7 Å². The SMILES string of the molecule is CCCc1[nH]n(-c2ccc(OC)cc2)c(=O)c1C(C)=NC1CCCCCC1. The lowest BCUT2D eigenvalue weighted by molar-refractivity contribution is 0.414. The Balaban J connectivity index is 1.97. The first-order valence-electron chi connectivity index (χ1n) is 10.2. The van der Waals surface area contributed by atoms with Crippen LogP contribution in [0.2, 0.25) is 0 Å². The van der Waals surface area contributed by atoms with E-state index in [0.29, 0.717) is 6.04 Å². The Hall–Kier alpha value is -2.30. The average Bonchev–Trinajstić information content (AvgIpc) is 2.84. The molecule has 27 heavy (non-hydrogen) atoms. The zero-order chi connectivity index (χ0) is 19.2. The number of aliphatic imine (C=N–C) groups is 1. The van der Waals surface area contributed by atoms with Crippen molar-refractivity contribution in [3.05, 3.63) is 45.9 Å².